The summed E-state index contributed by atoms with van der Waals surface area (Å²) in [5.41, 5.74) is 0.415. The summed E-state index contributed by atoms with van der Waals surface area (Å²) < 4.78 is 58.4. The monoisotopic (exact) mass is 640 g/mol. The highest BCUT2D eigenvalue weighted by molar-refractivity contribution is 7.92. The van der Waals surface area contributed by atoms with Crippen LogP contribution in [0.2, 0.25) is 0 Å². The zero-order valence-electron chi connectivity index (χ0n) is 23.8. The van der Waals surface area contributed by atoms with Crippen molar-refractivity contribution in [3.8, 4) is 0 Å². The number of aromatic nitrogens is 1. The quantitative estimate of drug-likeness (QED) is 0.285. The Morgan fingerprint density at radius 3 is 2.52 bits per heavy atom. The van der Waals surface area contributed by atoms with Gasteiger partial charge in [0, 0.05) is 69.4 Å². The third-order valence-corrected chi connectivity index (χ3v) is 12.6. The fourth-order valence-corrected chi connectivity index (χ4v) is 8.61. The third kappa shape index (κ3) is 7.01. The Balaban J connectivity index is 1.25. The highest BCUT2D eigenvalue weighted by Crippen LogP contribution is 2.33. The molecular formula is C26H36N6O7S3. The van der Waals surface area contributed by atoms with Gasteiger partial charge in [-0.1, -0.05) is 17.3 Å². The van der Waals surface area contributed by atoms with Gasteiger partial charge in [0.25, 0.3) is 16.1 Å². The Morgan fingerprint density at radius 1 is 1.17 bits per heavy atom. The molecule has 1 saturated carbocycles. The van der Waals surface area contributed by atoms with Crippen LogP contribution in [0.15, 0.2) is 40.5 Å². The van der Waals surface area contributed by atoms with Gasteiger partial charge in [0.15, 0.2) is 26.8 Å². The van der Waals surface area contributed by atoms with Crippen molar-refractivity contribution in [2.75, 3.05) is 52.3 Å². The molecule has 3 fully saturated rings. The van der Waals surface area contributed by atoms with Gasteiger partial charge in [0.1, 0.15) is 0 Å². The maximum atomic E-state index is 13.4. The van der Waals surface area contributed by atoms with Gasteiger partial charge in [-0.2, -0.15) is 17.0 Å². The normalized spacial score (nSPS) is 22.9. The number of anilines is 1. The molecule has 1 aromatic heterocycles. The van der Waals surface area contributed by atoms with E-state index in [2.05, 4.69) is 20.4 Å². The largest absolute Gasteiger partial charge is 0.389 e. The van der Waals surface area contributed by atoms with Crippen LogP contribution in [0.5, 0.6) is 0 Å². The number of ether oxygens (including phenoxy) is 1. The molecule has 3 aliphatic rings. The van der Waals surface area contributed by atoms with Crippen LogP contribution in [0.25, 0.3) is 0 Å². The van der Waals surface area contributed by atoms with Crippen molar-refractivity contribution in [2.24, 2.45) is 5.16 Å². The fraction of sp³-hybridized carbons (Fsp3) is 0.577. The molecule has 230 valence electrons. The van der Waals surface area contributed by atoms with E-state index in [-0.39, 0.29) is 28.0 Å². The minimum atomic E-state index is -3.48. The standard InChI is InChI=1S/C26H36N6O7S3/c1-18-15-31(11-12-32(18)42(36,37)30(2)3)16-21-14-27-26(40-21)28-25(33)24(29-39-20-10-13-38-17-20)19-4-6-22(7-5-19)41(34,35)23-8-9-23/h4-7,14,18,20,23H,8-13,15-17H2,1-3H3,(H,27,28,33)/b29-24+/t18-,20+/m0/s1. The number of carbonyl (C=O) groups excluding carboxylic acids is 1. The molecule has 1 amide bonds. The van der Waals surface area contributed by atoms with E-state index in [0.29, 0.717) is 69.4 Å². The Kier molecular flexibility index (Phi) is 9.32. The van der Waals surface area contributed by atoms with Crippen molar-refractivity contribution in [1.29, 1.82) is 0 Å². The summed E-state index contributed by atoms with van der Waals surface area (Å²) in [5.74, 6) is -0.538. The summed E-state index contributed by atoms with van der Waals surface area (Å²) >= 11 is 1.32. The number of hydrogen-bond acceptors (Lipinski definition) is 11. The molecule has 0 radical (unpaired) electrons. The number of carbonyl (C=O) groups is 1. The van der Waals surface area contributed by atoms with Gasteiger partial charge < -0.3 is 9.57 Å². The van der Waals surface area contributed by atoms with Crippen LogP contribution in [0.3, 0.4) is 0 Å². The molecule has 5 rings (SSSR count). The number of benzene rings is 1. The summed E-state index contributed by atoms with van der Waals surface area (Å²) in [6, 6.07) is 5.93. The number of sulfone groups is 1. The van der Waals surface area contributed by atoms with Crippen molar-refractivity contribution in [3.05, 3.63) is 40.9 Å². The molecule has 42 heavy (non-hydrogen) atoms. The van der Waals surface area contributed by atoms with Gasteiger partial charge in [0.05, 0.1) is 23.4 Å². The summed E-state index contributed by atoms with van der Waals surface area (Å²) in [7, 11) is -3.79. The van der Waals surface area contributed by atoms with Crippen molar-refractivity contribution < 1.29 is 31.2 Å². The highest BCUT2D eigenvalue weighted by atomic mass is 32.2. The van der Waals surface area contributed by atoms with Crippen LogP contribution in [0, 0.1) is 0 Å². The highest BCUT2D eigenvalue weighted by Gasteiger charge is 2.37. The molecule has 1 N–H and O–H groups in total. The molecule has 2 atom stereocenters. The minimum Gasteiger partial charge on any atom is -0.389 e. The van der Waals surface area contributed by atoms with E-state index >= 15 is 0 Å². The number of oxime groups is 1. The molecule has 3 heterocycles. The maximum absolute atomic E-state index is 13.4. The first-order valence-corrected chi connectivity index (χ1v) is 17.5. The lowest BCUT2D eigenvalue weighted by Crippen LogP contribution is -2.55. The van der Waals surface area contributed by atoms with Gasteiger partial charge in [-0.25, -0.2) is 13.4 Å². The van der Waals surface area contributed by atoms with E-state index in [9.17, 15) is 21.6 Å². The molecule has 1 aromatic carbocycles. The van der Waals surface area contributed by atoms with E-state index in [4.69, 9.17) is 9.57 Å². The van der Waals surface area contributed by atoms with Crippen molar-refractivity contribution in [2.45, 2.75) is 55.0 Å². The van der Waals surface area contributed by atoms with Gasteiger partial charge in [-0.05, 0) is 31.9 Å². The van der Waals surface area contributed by atoms with E-state index in [0.717, 1.165) is 4.88 Å². The SMILES string of the molecule is C[C@H]1CN(Cc2cnc(NC(=O)/C(=N/O[C@@H]3CCOC3)c3ccc(S(=O)(=O)C4CC4)cc3)s2)CCN1S(=O)(=O)N(C)C. The van der Waals surface area contributed by atoms with Crippen LogP contribution in [-0.4, -0.2) is 111 Å². The fourth-order valence-electron chi connectivity index (χ4n) is 4.85. The van der Waals surface area contributed by atoms with E-state index < -0.39 is 26.0 Å². The van der Waals surface area contributed by atoms with Crippen molar-refractivity contribution in [3.63, 3.8) is 0 Å². The van der Waals surface area contributed by atoms with Crippen LogP contribution < -0.4 is 5.32 Å². The second kappa shape index (κ2) is 12.6. The van der Waals surface area contributed by atoms with E-state index in [1.165, 1.54) is 46.2 Å². The van der Waals surface area contributed by atoms with Gasteiger partial charge in [-0.3, -0.25) is 15.0 Å². The number of amides is 1. The first-order chi connectivity index (χ1) is 19.9. The molecule has 2 aromatic rings. The van der Waals surface area contributed by atoms with Gasteiger partial charge in [-0.15, -0.1) is 11.3 Å². The predicted molar refractivity (Wildman–Crippen MR) is 158 cm³/mol. The summed E-state index contributed by atoms with van der Waals surface area (Å²) in [4.78, 5) is 26.6. The Hall–Kier alpha value is -2.47. The first-order valence-electron chi connectivity index (χ1n) is 13.8. The van der Waals surface area contributed by atoms with Crippen LogP contribution in [-0.2, 0) is 41.0 Å². The number of hydrogen-bond donors (Lipinski definition) is 1. The zero-order valence-corrected chi connectivity index (χ0v) is 26.3. The Labute approximate surface area is 250 Å². The lowest BCUT2D eigenvalue weighted by molar-refractivity contribution is -0.110. The minimum absolute atomic E-state index is 0.000989. The molecule has 16 heteroatoms. The summed E-state index contributed by atoms with van der Waals surface area (Å²) in [6.07, 6.45) is 3.40. The molecule has 0 spiro atoms. The number of nitrogens with one attached hydrogen (secondary N) is 1. The second-order valence-electron chi connectivity index (χ2n) is 10.9. The second-order valence-corrected chi connectivity index (χ2v) is 16.3. The van der Waals surface area contributed by atoms with E-state index in [1.807, 2.05) is 6.92 Å². The van der Waals surface area contributed by atoms with Crippen molar-refractivity contribution >= 4 is 48.1 Å². The molecule has 13 nitrogen and oxygen atoms in total. The predicted octanol–water partition coefficient (Wildman–Crippen LogP) is 1.54. The average molecular weight is 641 g/mol. The Bertz CT molecular complexity index is 1520. The lowest BCUT2D eigenvalue weighted by Gasteiger charge is -2.39. The summed E-state index contributed by atoms with van der Waals surface area (Å²) in [5, 5.41) is 6.98. The number of rotatable bonds is 11. The summed E-state index contributed by atoms with van der Waals surface area (Å²) in [6.45, 7) is 4.91. The molecular weight excluding hydrogens is 605 g/mol. The molecule has 2 saturated heterocycles. The van der Waals surface area contributed by atoms with Crippen LogP contribution in [0.4, 0.5) is 5.13 Å². The smallest absolute Gasteiger partial charge is 0.281 e. The molecule has 2 aliphatic heterocycles. The number of nitrogens with zero attached hydrogens (tertiary/aromatic N) is 5. The first kappa shape index (κ1) is 31.0. The van der Waals surface area contributed by atoms with Gasteiger partial charge in [0.2, 0.25) is 0 Å². The number of thiazole rings is 1. The topological polar surface area (TPSA) is 151 Å². The maximum Gasteiger partial charge on any atom is 0.281 e. The molecule has 0 bridgehead atoms. The molecule has 0 unspecified atom stereocenters. The zero-order chi connectivity index (χ0) is 30.1. The molecule has 1 aliphatic carbocycles. The van der Waals surface area contributed by atoms with Crippen LogP contribution in [0.1, 0.15) is 36.6 Å². The lowest BCUT2D eigenvalue weighted by atomic mass is 10.1. The average Bonchev–Trinajstić information content (AvgIpc) is 3.53. The van der Waals surface area contributed by atoms with Crippen molar-refractivity contribution in [1.82, 2.24) is 18.5 Å². The van der Waals surface area contributed by atoms with E-state index in [1.54, 1.807) is 18.3 Å². The van der Waals surface area contributed by atoms with Gasteiger partial charge >= 0.3 is 0 Å². The van der Waals surface area contributed by atoms with Crippen LogP contribution >= 0.6 is 11.3 Å². The Morgan fingerprint density at radius 2 is 1.90 bits per heavy atom. The number of piperazine rings is 1. The third-order valence-electron chi connectivity index (χ3n) is 7.38.